The van der Waals surface area contributed by atoms with Crippen LogP contribution in [0.3, 0.4) is 0 Å². The van der Waals surface area contributed by atoms with Crippen LogP contribution in [0.2, 0.25) is 0 Å². The normalized spacial score (nSPS) is 12.3. The van der Waals surface area contributed by atoms with Gasteiger partial charge in [-0.3, -0.25) is 14.1 Å². The van der Waals surface area contributed by atoms with E-state index in [1.165, 1.54) is 6.42 Å². The first-order chi connectivity index (χ1) is 18.2. The number of carbonyl (C=O) groups excluding carboxylic acids is 2. The maximum atomic E-state index is 12.5. The molecule has 1 aromatic heterocycles. The van der Waals surface area contributed by atoms with Crippen molar-refractivity contribution in [3.8, 4) is 0 Å². The van der Waals surface area contributed by atoms with Crippen molar-refractivity contribution in [1.82, 2.24) is 20.9 Å². The van der Waals surface area contributed by atoms with Crippen molar-refractivity contribution >= 4 is 21.9 Å². The van der Waals surface area contributed by atoms with Crippen LogP contribution in [0.25, 0.3) is 0 Å². The molecule has 1 unspecified atom stereocenters. The third-order valence-electron chi connectivity index (χ3n) is 6.46. The highest BCUT2D eigenvalue weighted by Gasteiger charge is 2.13. The number of amides is 2. The second-order valence-electron chi connectivity index (χ2n) is 10.0. The second kappa shape index (κ2) is 19.9. The van der Waals surface area contributed by atoms with Gasteiger partial charge in [0.15, 0.2) is 0 Å². The van der Waals surface area contributed by atoms with E-state index in [1.807, 2.05) is 6.07 Å². The summed E-state index contributed by atoms with van der Waals surface area (Å²) in [6.07, 6.45) is 12.9. The Hall–Kier alpha value is -2.04. The van der Waals surface area contributed by atoms with Crippen LogP contribution in [0.15, 0.2) is 12.1 Å². The summed E-state index contributed by atoms with van der Waals surface area (Å²) in [5.41, 5.74) is 2.04. The second-order valence-corrected chi connectivity index (χ2v) is 11.6. The lowest BCUT2D eigenvalue weighted by Crippen LogP contribution is -2.34. The minimum absolute atomic E-state index is 0.142. The minimum Gasteiger partial charge on any atom is -0.353 e. The third kappa shape index (κ3) is 16.7. The molecule has 1 heterocycles. The molecule has 0 radical (unpaired) electrons. The van der Waals surface area contributed by atoms with Crippen LogP contribution in [0.1, 0.15) is 120 Å². The molecular weight excluding hydrogens is 504 g/mol. The Morgan fingerprint density at radius 1 is 0.947 bits per heavy atom. The molecule has 1 aromatic rings. The van der Waals surface area contributed by atoms with Crippen LogP contribution in [-0.2, 0) is 27.9 Å². The SMILES string of the molecule is CCCCCCc1cc(CNCCCCCC(=O)NC(CC)CCCC)nc(C(=O)NCCS(=O)(=O)O)c1. The lowest BCUT2D eigenvalue weighted by Gasteiger charge is -2.16. The van der Waals surface area contributed by atoms with Crippen LogP contribution in [-0.4, -0.2) is 54.7 Å². The number of pyridine rings is 1. The average Bonchev–Trinajstić information content (AvgIpc) is 2.87. The Bertz CT molecular complexity index is 924. The van der Waals surface area contributed by atoms with Gasteiger partial charge in [0.05, 0.1) is 11.4 Å². The van der Waals surface area contributed by atoms with Gasteiger partial charge in [0.1, 0.15) is 5.69 Å². The number of rotatable bonds is 22. The number of carbonyl (C=O) groups is 2. The molecule has 0 aromatic carbocycles. The topological polar surface area (TPSA) is 137 Å². The number of aryl methyl sites for hydroxylation is 1. The lowest BCUT2D eigenvalue weighted by atomic mass is 10.0. The van der Waals surface area contributed by atoms with Crippen molar-refractivity contribution in [1.29, 1.82) is 0 Å². The van der Waals surface area contributed by atoms with E-state index >= 15 is 0 Å². The number of unbranched alkanes of at least 4 members (excludes halogenated alkanes) is 6. The van der Waals surface area contributed by atoms with Crippen LogP contribution < -0.4 is 16.0 Å². The monoisotopic (exact) mass is 554 g/mol. The smallest absolute Gasteiger partial charge is 0.269 e. The summed E-state index contributed by atoms with van der Waals surface area (Å²) in [6.45, 7) is 7.57. The molecule has 0 aliphatic rings. The molecule has 0 spiro atoms. The maximum absolute atomic E-state index is 12.5. The van der Waals surface area contributed by atoms with Gasteiger partial charge < -0.3 is 16.0 Å². The number of aromatic nitrogens is 1. The zero-order valence-corrected chi connectivity index (χ0v) is 24.5. The van der Waals surface area contributed by atoms with Gasteiger partial charge in [-0.25, -0.2) is 4.98 Å². The zero-order valence-electron chi connectivity index (χ0n) is 23.7. The molecule has 0 bridgehead atoms. The summed E-state index contributed by atoms with van der Waals surface area (Å²) in [7, 11) is -4.14. The van der Waals surface area contributed by atoms with Crippen molar-refractivity contribution in [3.63, 3.8) is 0 Å². The van der Waals surface area contributed by atoms with E-state index in [9.17, 15) is 18.0 Å². The van der Waals surface area contributed by atoms with Gasteiger partial charge in [-0.05, 0) is 62.8 Å². The van der Waals surface area contributed by atoms with E-state index in [4.69, 9.17) is 4.55 Å². The van der Waals surface area contributed by atoms with E-state index in [1.54, 1.807) is 6.07 Å². The predicted octanol–water partition coefficient (Wildman–Crippen LogP) is 4.56. The van der Waals surface area contributed by atoms with Crippen molar-refractivity contribution < 1.29 is 22.6 Å². The fraction of sp³-hybridized carbons (Fsp3) is 0.750. The Morgan fingerprint density at radius 3 is 2.37 bits per heavy atom. The first-order valence-corrected chi connectivity index (χ1v) is 16.0. The Balaban J connectivity index is 2.51. The van der Waals surface area contributed by atoms with Gasteiger partial charge in [0.25, 0.3) is 16.0 Å². The van der Waals surface area contributed by atoms with Crippen LogP contribution in [0.4, 0.5) is 0 Å². The van der Waals surface area contributed by atoms with Crippen molar-refractivity contribution in [2.75, 3.05) is 18.8 Å². The molecule has 0 saturated heterocycles. The summed E-state index contributed by atoms with van der Waals surface area (Å²) < 4.78 is 30.7. The van der Waals surface area contributed by atoms with E-state index in [0.29, 0.717) is 13.0 Å². The van der Waals surface area contributed by atoms with Crippen LogP contribution >= 0.6 is 0 Å². The van der Waals surface area contributed by atoms with E-state index in [0.717, 1.165) is 88.4 Å². The van der Waals surface area contributed by atoms with Crippen LogP contribution in [0, 0.1) is 0 Å². The molecule has 1 atom stereocenters. The van der Waals surface area contributed by atoms with Gasteiger partial charge in [-0.1, -0.05) is 59.3 Å². The standard InChI is InChI=1S/C28H50N4O5S/c1-4-7-9-11-14-23-20-25(31-26(21-23)28(34)30-18-19-38(35,36)37)22-29-17-13-10-12-16-27(33)32-24(6-3)15-8-5-2/h20-21,24,29H,4-19,22H2,1-3H3,(H,30,34)(H,32,33)(H,35,36,37). The van der Waals surface area contributed by atoms with E-state index in [-0.39, 0.29) is 24.2 Å². The zero-order chi connectivity index (χ0) is 28.2. The minimum atomic E-state index is -4.14. The first kappa shape index (κ1) is 34.0. The molecule has 4 N–H and O–H groups in total. The first-order valence-electron chi connectivity index (χ1n) is 14.4. The molecule has 1 rings (SSSR count). The lowest BCUT2D eigenvalue weighted by molar-refractivity contribution is -0.122. The highest BCUT2D eigenvalue weighted by atomic mass is 32.2. The van der Waals surface area contributed by atoms with Crippen molar-refractivity contribution in [2.45, 2.75) is 117 Å². The summed E-state index contributed by atoms with van der Waals surface area (Å²) in [4.78, 5) is 29.2. The summed E-state index contributed by atoms with van der Waals surface area (Å²) in [5.74, 6) is -0.851. The average molecular weight is 555 g/mol. The van der Waals surface area contributed by atoms with Gasteiger partial charge >= 0.3 is 0 Å². The fourth-order valence-electron chi connectivity index (χ4n) is 4.20. The summed E-state index contributed by atoms with van der Waals surface area (Å²) in [6, 6.07) is 4.06. The molecular formula is C28H50N4O5S. The summed E-state index contributed by atoms with van der Waals surface area (Å²) >= 11 is 0. The molecule has 0 aliphatic heterocycles. The number of hydrogen-bond acceptors (Lipinski definition) is 6. The molecule has 2 amide bonds. The van der Waals surface area contributed by atoms with Gasteiger partial charge in [0, 0.05) is 25.6 Å². The Labute approximate surface area is 230 Å². The van der Waals surface area contributed by atoms with Crippen molar-refractivity contribution in [3.05, 3.63) is 29.1 Å². The Morgan fingerprint density at radius 2 is 1.68 bits per heavy atom. The van der Waals surface area contributed by atoms with Crippen molar-refractivity contribution in [2.24, 2.45) is 0 Å². The highest BCUT2D eigenvalue weighted by molar-refractivity contribution is 7.85. The molecule has 0 saturated carbocycles. The highest BCUT2D eigenvalue weighted by Crippen LogP contribution is 2.12. The quantitative estimate of drug-likeness (QED) is 0.122. The van der Waals surface area contributed by atoms with Gasteiger partial charge in [-0.2, -0.15) is 8.42 Å². The van der Waals surface area contributed by atoms with Crippen LogP contribution in [0.5, 0.6) is 0 Å². The molecule has 0 fully saturated rings. The largest absolute Gasteiger partial charge is 0.353 e. The maximum Gasteiger partial charge on any atom is 0.269 e. The van der Waals surface area contributed by atoms with E-state index < -0.39 is 21.8 Å². The number of hydrogen-bond donors (Lipinski definition) is 4. The number of nitrogens with zero attached hydrogens (tertiary/aromatic N) is 1. The van der Waals surface area contributed by atoms with Gasteiger partial charge in [0.2, 0.25) is 5.91 Å². The molecule has 38 heavy (non-hydrogen) atoms. The molecule has 9 nitrogen and oxygen atoms in total. The number of nitrogens with one attached hydrogen (secondary N) is 3. The summed E-state index contributed by atoms with van der Waals surface area (Å²) in [5, 5.41) is 9.05. The Kier molecular flexibility index (Phi) is 17.8. The van der Waals surface area contributed by atoms with Gasteiger partial charge in [-0.15, -0.1) is 0 Å². The third-order valence-corrected chi connectivity index (χ3v) is 7.18. The fourth-order valence-corrected chi connectivity index (χ4v) is 4.56. The predicted molar refractivity (Wildman–Crippen MR) is 153 cm³/mol. The molecule has 218 valence electrons. The molecule has 10 heteroatoms. The molecule has 0 aliphatic carbocycles. The van der Waals surface area contributed by atoms with E-state index in [2.05, 4.69) is 41.7 Å².